The van der Waals surface area contributed by atoms with E-state index in [1.807, 2.05) is 17.6 Å². The lowest BCUT2D eigenvalue weighted by molar-refractivity contribution is -0.139. The van der Waals surface area contributed by atoms with Gasteiger partial charge in [-0.05, 0) is 49.9 Å². The maximum absolute atomic E-state index is 12.4. The summed E-state index contributed by atoms with van der Waals surface area (Å²) in [5, 5.41) is 0. The average Bonchev–Trinajstić information content (AvgIpc) is 3.46. The monoisotopic (exact) mass is 430 g/mol. The predicted octanol–water partition coefficient (Wildman–Crippen LogP) is 2.12. The van der Waals surface area contributed by atoms with Gasteiger partial charge in [0.1, 0.15) is 11.9 Å². The molecule has 2 aliphatic rings. The summed E-state index contributed by atoms with van der Waals surface area (Å²) in [5.41, 5.74) is 1.81. The van der Waals surface area contributed by atoms with E-state index in [0.29, 0.717) is 37.7 Å². The van der Waals surface area contributed by atoms with Crippen LogP contribution < -0.4 is 10.3 Å². The van der Waals surface area contributed by atoms with Crippen molar-refractivity contribution >= 4 is 15.7 Å². The summed E-state index contributed by atoms with van der Waals surface area (Å²) in [6.07, 6.45) is 4.11. The first kappa shape index (κ1) is 20.7. The summed E-state index contributed by atoms with van der Waals surface area (Å²) in [7, 11) is -3.21. The normalized spacial score (nSPS) is 16.9. The SMILES string of the molecule is Cc1cc(OC2CN(C(=O)CCc3ccc(S(C)(=O)=O)cc3)C2)cc(=O)n1C1CC1. The van der Waals surface area contributed by atoms with Crippen molar-refractivity contribution in [3.63, 3.8) is 0 Å². The molecule has 0 N–H and O–H groups in total. The van der Waals surface area contributed by atoms with Gasteiger partial charge in [0.15, 0.2) is 9.84 Å². The lowest BCUT2D eigenvalue weighted by atomic mass is 10.1. The van der Waals surface area contributed by atoms with E-state index in [-0.39, 0.29) is 22.5 Å². The van der Waals surface area contributed by atoms with E-state index in [1.165, 1.54) is 12.3 Å². The third-order valence-corrected chi connectivity index (χ3v) is 6.76. The quantitative estimate of drug-likeness (QED) is 0.672. The highest BCUT2D eigenvalue weighted by molar-refractivity contribution is 7.90. The summed E-state index contributed by atoms with van der Waals surface area (Å²) >= 11 is 0. The van der Waals surface area contributed by atoms with Gasteiger partial charge in [0, 0.05) is 30.5 Å². The second-order valence-electron chi connectivity index (χ2n) is 8.23. The minimum Gasteiger partial charge on any atom is -0.486 e. The molecule has 2 fully saturated rings. The van der Waals surface area contributed by atoms with Crippen LogP contribution in [0, 0.1) is 6.92 Å². The molecular weight excluding hydrogens is 404 g/mol. The Kier molecular flexibility index (Phi) is 5.44. The Hall–Kier alpha value is -2.61. The molecule has 160 valence electrons. The number of likely N-dealkylation sites (tertiary alicyclic amines) is 1. The first-order valence-electron chi connectivity index (χ1n) is 10.2. The predicted molar refractivity (Wildman–Crippen MR) is 113 cm³/mol. The number of hydrogen-bond donors (Lipinski definition) is 0. The number of pyridine rings is 1. The zero-order chi connectivity index (χ0) is 21.5. The molecule has 2 heterocycles. The van der Waals surface area contributed by atoms with Crippen molar-refractivity contribution < 1.29 is 17.9 Å². The number of rotatable bonds is 7. The Labute approximate surface area is 176 Å². The van der Waals surface area contributed by atoms with Gasteiger partial charge in [-0.2, -0.15) is 0 Å². The Morgan fingerprint density at radius 2 is 1.80 bits per heavy atom. The van der Waals surface area contributed by atoms with Crippen LogP contribution in [0.3, 0.4) is 0 Å². The number of aryl methyl sites for hydroxylation is 2. The molecule has 7 nitrogen and oxygen atoms in total. The summed E-state index contributed by atoms with van der Waals surface area (Å²) in [6.45, 7) is 2.94. The summed E-state index contributed by atoms with van der Waals surface area (Å²) in [6, 6.07) is 10.4. The Balaban J connectivity index is 1.25. The minimum absolute atomic E-state index is 0.0263. The van der Waals surface area contributed by atoms with Crippen molar-refractivity contribution in [3.05, 3.63) is 58.0 Å². The average molecular weight is 431 g/mol. The molecule has 1 aromatic heterocycles. The number of ether oxygens (including phenoxy) is 1. The fourth-order valence-electron chi connectivity index (χ4n) is 3.77. The van der Waals surface area contributed by atoms with Crippen LogP contribution in [0.25, 0.3) is 0 Å². The van der Waals surface area contributed by atoms with E-state index in [1.54, 1.807) is 29.2 Å². The molecule has 0 unspecified atom stereocenters. The van der Waals surface area contributed by atoms with E-state index in [4.69, 9.17) is 4.74 Å². The largest absolute Gasteiger partial charge is 0.486 e. The van der Waals surface area contributed by atoms with Crippen LogP contribution in [0.15, 0.2) is 46.1 Å². The van der Waals surface area contributed by atoms with Crippen molar-refractivity contribution in [3.8, 4) is 5.75 Å². The molecule has 0 radical (unpaired) electrons. The van der Waals surface area contributed by atoms with Crippen molar-refractivity contribution in [1.82, 2.24) is 9.47 Å². The molecular formula is C22H26N2O5S. The fraction of sp³-hybridized carbons (Fsp3) is 0.455. The lowest BCUT2D eigenvalue weighted by Gasteiger charge is -2.39. The van der Waals surface area contributed by atoms with Gasteiger partial charge < -0.3 is 14.2 Å². The van der Waals surface area contributed by atoms with Crippen LogP contribution >= 0.6 is 0 Å². The lowest BCUT2D eigenvalue weighted by Crippen LogP contribution is -2.56. The number of sulfone groups is 1. The molecule has 30 heavy (non-hydrogen) atoms. The summed E-state index contributed by atoms with van der Waals surface area (Å²) in [5.74, 6) is 0.611. The maximum Gasteiger partial charge on any atom is 0.254 e. The van der Waals surface area contributed by atoms with Crippen molar-refractivity contribution in [1.29, 1.82) is 0 Å². The van der Waals surface area contributed by atoms with Crippen molar-refractivity contribution in [2.75, 3.05) is 19.3 Å². The molecule has 4 rings (SSSR count). The van der Waals surface area contributed by atoms with Crippen LogP contribution in [0.2, 0.25) is 0 Å². The molecule has 2 aromatic rings. The Morgan fingerprint density at radius 1 is 1.13 bits per heavy atom. The number of amides is 1. The topological polar surface area (TPSA) is 85.7 Å². The molecule has 0 bridgehead atoms. The van der Waals surface area contributed by atoms with Gasteiger partial charge in [0.25, 0.3) is 5.56 Å². The number of benzene rings is 1. The number of hydrogen-bond acceptors (Lipinski definition) is 5. The number of aromatic nitrogens is 1. The van der Waals surface area contributed by atoms with Crippen LogP contribution in [0.5, 0.6) is 5.75 Å². The van der Waals surface area contributed by atoms with E-state index in [2.05, 4.69) is 0 Å². The van der Waals surface area contributed by atoms with Gasteiger partial charge in [-0.25, -0.2) is 8.42 Å². The van der Waals surface area contributed by atoms with Gasteiger partial charge in [0.2, 0.25) is 5.91 Å². The number of carbonyl (C=O) groups is 1. The van der Waals surface area contributed by atoms with Gasteiger partial charge in [-0.1, -0.05) is 12.1 Å². The number of carbonyl (C=O) groups excluding carboxylic acids is 1. The van der Waals surface area contributed by atoms with Gasteiger partial charge in [0.05, 0.1) is 18.0 Å². The van der Waals surface area contributed by atoms with E-state index < -0.39 is 9.84 Å². The fourth-order valence-corrected chi connectivity index (χ4v) is 4.40. The van der Waals surface area contributed by atoms with Gasteiger partial charge in [-0.3, -0.25) is 9.59 Å². The third kappa shape index (κ3) is 4.59. The van der Waals surface area contributed by atoms with E-state index in [9.17, 15) is 18.0 Å². The summed E-state index contributed by atoms with van der Waals surface area (Å²) in [4.78, 5) is 26.7. The number of nitrogens with zero attached hydrogens (tertiary/aromatic N) is 2. The smallest absolute Gasteiger partial charge is 0.254 e. The second kappa shape index (κ2) is 7.91. The van der Waals surface area contributed by atoms with Crippen LogP contribution in [0.4, 0.5) is 0 Å². The zero-order valence-corrected chi connectivity index (χ0v) is 18.0. The van der Waals surface area contributed by atoms with Crippen molar-refractivity contribution in [2.45, 2.75) is 49.6 Å². The molecule has 1 saturated carbocycles. The Morgan fingerprint density at radius 3 is 2.37 bits per heavy atom. The van der Waals surface area contributed by atoms with E-state index in [0.717, 1.165) is 24.1 Å². The molecule has 1 aliphatic heterocycles. The highest BCUT2D eigenvalue weighted by atomic mass is 32.2. The highest BCUT2D eigenvalue weighted by Crippen LogP contribution is 2.35. The third-order valence-electron chi connectivity index (χ3n) is 5.63. The first-order chi connectivity index (χ1) is 14.2. The van der Waals surface area contributed by atoms with Crippen LogP contribution in [0.1, 0.15) is 36.6 Å². The Bertz CT molecular complexity index is 1110. The van der Waals surface area contributed by atoms with Crippen LogP contribution in [-0.2, 0) is 21.1 Å². The molecule has 1 amide bonds. The standard InChI is InChI=1S/C22H26N2O5S/c1-15-11-18(12-22(26)24(15)17-6-7-17)29-19-13-23(14-19)21(25)10-5-16-3-8-20(9-4-16)30(2,27)28/h3-4,8-9,11-12,17,19H,5-7,10,13-14H2,1-2H3. The molecule has 1 saturated heterocycles. The first-order valence-corrected chi connectivity index (χ1v) is 12.1. The molecule has 1 aliphatic carbocycles. The van der Waals surface area contributed by atoms with Crippen molar-refractivity contribution in [2.24, 2.45) is 0 Å². The molecule has 0 spiro atoms. The van der Waals surface area contributed by atoms with E-state index >= 15 is 0 Å². The molecule has 1 aromatic carbocycles. The summed E-state index contributed by atoms with van der Waals surface area (Å²) < 4.78 is 30.7. The molecule has 8 heteroatoms. The zero-order valence-electron chi connectivity index (χ0n) is 17.2. The second-order valence-corrected chi connectivity index (χ2v) is 10.2. The highest BCUT2D eigenvalue weighted by Gasteiger charge is 2.32. The maximum atomic E-state index is 12.4. The van der Waals surface area contributed by atoms with Crippen LogP contribution in [-0.4, -0.2) is 49.2 Å². The van der Waals surface area contributed by atoms with Gasteiger partial charge in [-0.15, -0.1) is 0 Å². The minimum atomic E-state index is -3.21. The van der Waals surface area contributed by atoms with Gasteiger partial charge >= 0.3 is 0 Å². The molecule has 0 atom stereocenters.